The van der Waals surface area contributed by atoms with E-state index in [0.29, 0.717) is 35.2 Å². The van der Waals surface area contributed by atoms with E-state index in [-0.39, 0.29) is 11.7 Å². The lowest BCUT2D eigenvalue weighted by molar-refractivity contribution is 0.0678. The van der Waals surface area contributed by atoms with Crippen LogP contribution in [0.4, 0.5) is 0 Å². The van der Waals surface area contributed by atoms with Gasteiger partial charge in [-0.1, -0.05) is 11.6 Å². The van der Waals surface area contributed by atoms with Gasteiger partial charge in [-0.15, -0.1) is 0 Å². The van der Waals surface area contributed by atoms with Gasteiger partial charge in [-0.05, 0) is 55.5 Å². The molecule has 0 saturated carbocycles. The van der Waals surface area contributed by atoms with Crippen molar-refractivity contribution < 1.29 is 18.4 Å². The molecule has 1 unspecified atom stereocenters. The van der Waals surface area contributed by atoms with Crippen molar-refractivity contribution in [2.45, 2.75) is 19.4 Å². The molecule has 0 aliphatic carbocycles. The van der Waals surface area contributed by atoms with Gasteiger partial charge in [-0.3, -0.25) is 4.79 Å². The molecule has 1 aromatic carbocycles. The van der Waals surface area contributed by atoms with Crippen molar-refractivity contribution in [3.63, 3.8) is 0 Å². The second-order valence-electron chi connectivity index (χ2n) is 7.03. The summed E-state index contributed by atoms with van der Waals surface area (Å²) < 4.78 is 16.4. The quantitative estimate of drug-likeness (QED) is 0.388. The fraction of sp³-hybridized carbons (Fsp3) is 0.174. The van der Waals surface area contributed by atoms with Crippen molar-refractivity contribution in [1.82, 2.24) is 9.99 Å². The molecular weight excluding hydrogens is 418 g/mol. The second-order valence-corrected chi connectivity index (χ2v) is 7.38. The number of hydrogen-bond donors (Lipinski definition) is 0. The molecule has 156 valence electrons. The van der Waals surface area contributed by atoms with E-state index in [1.807, 2.05) is 37.3 Å². The van der Waals surface area contributed by atoms with Crippen molar-refractivity contribution in [1.29, 1.82) is 0 Å². The molecule has 8 heteroatoms. The lowest BCUT2D eigenvalue weighted by atomic mass is 10.0. The Morgan fingerprint density at radius 3 is 2.77 bits per heavy atom. The number of benzene rings is 1. The van der Waals surface area contributed by atoms with Gasteiger partial charge in [0, 0.05) is 17.4 Å². The first-order valence-corrected chi connectivity index (χ1v) is 10.2. The van der Waals surface area contributed by atoms with E-state index >= 15 is 0 Å². The number of aromatic nitrogens is 1. The smallest absolute Gasteiger partial charge is 0.310 e. The van der Waals surface area contributed by atoms with Gasteiger partial charge in [-0.25, -0.2) is 9.99 Å². The fourth-order valence-electron chi connectivity index (χ4n) is 3.68. The normalized spacial score (nSPS) is 16.0. The maximum atomic E-state index is 13.1. The summed E-state index contributed by atoms with van der Waals surface area (Å²) in [6.07, 6.45) is 3.46. The highest BCUT2D eigenvalue weighted by atomic mass is 35.5. The van der Waals surface area contributed by atoms with Gasteiger partial charge < -0.3 is 13.6 Å². The minimum atomic E-state index is -0.460. The summed E-state index contributed by atoms with van der Waals surface area (Å²) in [5, 5.41) is 7.11. The lowest BCUT2D eigenvalue weighted by Crippen LogP contribution is -2.27. The molecule has 7 nitrogen and oxygen atoms in total. The highest BCUT2D eigenvalue weighted by molar-refractivity contribution is 6.30. The topological polar surface area (TPSA) is 81.1 Å². The van der Waals surface area contributed by atoms with Crippen molar-refractivity contribution >= 4 is 34.1 Å². The van der Waals surface area contributed by atoms with Crippen molar-refractivity contribution in [2.75, 3.05) is 6.61 Å². The highest BCUT2D eigenvalue weighted by Crippen LogP contribution is 2.38. The summed E-state index contributed by atoms with van der Waals surface area (Å²) in [5.74, 6) is 1.17. The van der Waals surface area contributed by atoms with Crippen LogP contribution in [0.25, 0.3) is 10.9 Å². The number of hydrazone groups is 1. The molecule has 0 fully saturated rings. The second kappa shape index (κ2) is 7.92. The number of carbonyl (C=O) groups is 1. The number of furan rings is 2. The fourth-order valence-corrected chi connectivity index (χ4v) is 3.95. The van der Waals surface area contributed by atoms with Gasteiger partial charge in [0.2, 0.25) is 0 Å². The Hall–Kier alpha value is -3.58. The molecule has 3 aromatic heterocycles. The van der Waals surface area contributed by atoms with Crippen LogP contribution >= 0.6 is 11.6 Å². The summed E-state index contributed by atoms with van der Waals surface area (Å²) in [6, 6.07) is 14.0. The Morgan fingerprint density at radius 2 is 2.03 bits per heavy atom. The SMILES string of the molecule is CCOc1ccc2nc(Cl)c(C3CC(c4ccco4)=NN3C(=O)c3ccco3)cc2c1. The summed E-state index contributed by atoms with van der Waals surface area (Å²) in [4.78, 5) is 17.7. The highest BCUT2D eigenvalue weighted by Gasteiger charge is 2.37. The van der Waals surface area contributed by atoms with Crippen LogP contribution in [0.15, 0.2) is 75.0 Å². The zero-order chi connectivity index (χ0) is 21.4. The minimum absolute atomic E-state index is 0.193. The van der Waals surface area contributed by atoms with Gasteiger partial charge in [0.05, 0.1) is 30.7 Å². The molecule has 0 N–H and O–H groups in total. The number of hydrogen-bond acceptors (Lipinski definition) is 6. The Bertz CT molecular complexity index is 1270. The molecule has 1 amide bonds. The molecule has 0 bridgehead atoms. The molecule has 0 spiro atoms. The third-order valence-corrected chi connectivity index (χ3v) is 5.40. The largest absolute Gasteiger partial charge is 0.494 e. The van der Waals surface area contributed by atoms with Crippen LogP contribution in [-0.4, -0.2) is 28.2 Å². The first-order valence-electron chi connectivity index (χ1n) is 9.85. The maximum Gasteiger partial charge on any atom is 0.310 e. The van der Waals surface area contributed by atoms with Gasteiger partial charge >= 0.3 is 5.91 Å². The van der Waals surface area contributed by atoms with Crippen molar-refractivity contribution in [3.05, 3.63) is 83.3 Å². The molecule has 0 saturated heterocycles. The molecule has 4 heterocycles. The Labute approximate surface area is 182 Å². The number of rotatable bonds is 5. The predicted molar refractivity (Wildman–Crippen MR) is 115 cm³/mol. The van der Waals surface area contributed by atoms with E-state index in [4.69, 9.17) is 25.2 Å². The number of pyridine rings is 1. The summed E-state index contributed by atoms with van der Waals surface area (Å²) in [5.41, 5.74) is 2.08. The number of amides is 1. The molecule has 1 aliphatic rings. The number of halogens is 1. The average molecular weight is 436 g/mol. The zero-order valence-electron chi connectivity index (χ0n) is 16.6. The minimum Gasteiger partial charge on any atom is -0.494 e. The van der Waals surface area contributed by atoms with Crippen molar-refractivity contribution in [3.8, 4) is 5.75 Å². The first kappa shape index (κ1) is 19.4. The zero-order valence-corrected chi connectivity index (χ0v) is 17.4. The molecular formula is C23H18ClN3O4. The van der Waals surface area contributed by atoms with E-state index < -0.39 is 6.04 Å². The van der Waals surface area contributed by atoms with Gasteiger partial charge in [0.25, 0.3) is 0 Å². The van der Waals surface area contributed by atoms with Gasteiger partial charge in [-0.2, -0.15) is 5.10 Å². The van der Waals surface area contributed by atoms with Crippen LogP contribution in [-0.2, 0) is 0 Å². The summed E-state index contributed by atoms with van der Waals surface area (Å²) >= 11 is 6.57. The molecule has 1 aliphatic heterocycles. The summed E-state index contributed by atoms with van der Waals surface area (Å²) in [7, 11) is 0. The maximum absolute atomic E-state index is 13.1. The van der Waals surface area contributed by atoms with E-state index in [0.717, 1.165) is 16.7 Å². The van der Waals surface area contributed by atoms with Gasteiger partial charge in [0.15, 0.2) is 5.76 Å². The Kier molecular flexibility index (Phi) is 4.95. The van der Waals surface area contributed by atoms with E-state index in [2.05, 4.69) is 10.1 Å². The molecule has 31 heavy (non-hydrogen) atoms. The molecule has 1 atom stereocenters. The predicted octanol–water partition coefficient (Wildman–Crippen LogP) is 5.46. The van der Waals surface area contributed by atoms with Crippen LogP contribution in [0.1, 0.15) is 41.3 Å². The average Bonchev–Trinajstić information content (AvgIpc) is 3.54. The lowest BCUT2D eigenvalue weighted by Gasteiger charge is -2.22. The Morgan fingerprint density at radius 1 is 1.19 bits per heavy atom. The third-order valence-electron chi connectivity index (χ3n) is 5.09. The number of carbonyl (C=O) groups excluding carboxylic acids is 1. The molecule has 0 radical (unpaired) electrons. The summed E-state index contributed by atoms with van der Waals surface area (Å²) in [6.45, 7) is 2.49. The number of ether oxygens (including phenoxy) is 1. The van der Waals surface area contributed by atoms with Gasteiger partial charge in [0.1, 0.15) is 22.4 Å². The first-order chi connectivity index (χ1) is 15.1. The van der Waals surface area contributed by atoms with E-state index in [1.54, 1.807) is 24.5 Å². The van der Waals surface area contributed by atoms with Crippen LogP contribution in [0, 0.1) is 0 Å². The third kappa shape index (κ3) is 3.57. The van der Waals surface area contributed by atoms with E-state index in [1.165, 1.54) is 11.3 Å². The van der Waals surface area contributed by atoms with Crippen LogP contribution in [0.2, 0.25) is 5.15 Å². The number of nitrogens with zero attached hydrogens (tertiary/aromatic N) is 3. The Balaban J connectivity index is 1.59. The van der Waals surface area contributed by atoms with Crippen LogP contribution < -0.4 is 4.74 Å². The van der Waals surface area contributed by atoms with Crippen LogP contribution in [0.5, 0.6) is 5.75 Å². The molecule has 4 aromatic rings. The van der Waals surface area contributed by atoms with E-state index in [9.17, 15) is 4.79 Å². The van der Waals surface area contributed by atoms with Crippen LogP contribution in [0.3, 0.4) is 0 Å². The molecule has 5 rings (SSSR count). The van der Waals surface area contributed by atoms with Crippen molar-refractivity contribution in [2.24, 2.45) is 5.10 Å². The number of fused-ring (bicyclic) bond motifs is 1. The monoisotopic (exact) mass is 435 g/mol. The standard InChI is InChI=1S/C23H18ClN3O4/c1-2-29-15-7-8-17-14(11-15)12-16(22(24)25-17)19-13-18(20-5-3-9-30-20)26-27(19)23(28)21-6-4-10-31-21/h3-12,19H,2,13H2,1H3.